The maximum atomic E-state index is 12.3. The van der Waals surface area contributed by atoms with Gasteiger partial charge in [0, 0.05) is 44.8 Å². The van der Waals surface area contributed by atoms with Crippen LogP contribution in [0.1, 0.15) is 45.1 Å². The zero-order valence-corrected chi connectivity index (χ0v) is 17.1. The third kappa shape index (κ3) is 3.49. The van der Waals surface area contributed by atoms with Crippen LogP contribution in [0.5, 0.6) is 0 Å². The van der Waals surface area contributed by atoms with Crippen LogP contribution in [-0.4, -0.2) is 49.7 Å². The molecule has 0 saturated carbocycles. The summed E-state index contributed by atoms with van der Waals surface area (Å²) in [5.74, 6) is 1.60. The lowest BCUT2D eigenvalue weighted by Gasteiger charge is -2.25. The fourth-order valence-electron chi connectivity index (χ4n) is 5.54. The van der Waals surface area contributed by atoms with Gasteiger partial charge in [-0.3, -0.25) is 4.79 Å². The molecule has 0 N–H and O–H groups in total. The van der Waals surface area contributed by atoms with E-state index in [0.29, 0.717) is 0 Å². The number of cyclic esters (lactones) is 1. The number of nitrogens with zero attached hydrogens (tertiary/aromatic N) is 2. The number of benzene rings is 1. The fraction of sp³-hybridized carbons (Fsp3) is 0.696. The van der Waals surface area contributed by atoms with E-state index >= 15 is 0 Å². The highest BCUT2D eigenvalue weighted by atomic mass is 16.6. The second kappa shape index (κ2) is 7.46. The van der Waals surface area contributed by atoms with Crippen molar-refractivity contribution in [1.82, 2.24) is 4.90 Å². The van der Waals surface area contributed by atoms with Gasteiger partial charge in [-0.2, -0.15) is 0 Å². The van der Waals surface area contributed by atoms with Crippen molar-refractivity contribution in [3.8, 4) is 0 Å². The molecule has 0 radical (unpaired) electrons. The Hall–Kier alpha value is -1.55. The van der Waals surface area contributed by atoms with Gasteiger partial charge in [-0.05, 0) is 49.7 Å². The summed E-state index contributed by atoms with van der Waals surface area (Å²) in [6.07, 6.45) is 3.85. The molecule has 3 saturated heterocycles. The molecule has 3 unspecified atom stereocenters. The molecule has 0 spiro atoms. The van der Waals surface area contributed by atoms with Gasteiger partial charge in [0.15, 0.2) is 0 Å². The zero-order valence-electron chi connectivity index (χ0n) is 17.1. The minimum atomic E-state index is -0.208. The zero-order chi connectivity index (χ0) is 19.0. The molecule has 3 aliphatic heterocycles. The monoisotopic (exact) mass is 370 g/mol. The predicted octanol–water partition coefficient (Wildman–Crippen LogP) is 3.88. The van der Waals surface area contributed by atoms with E-state index in [0.717, 1.165) is 44.1 Å². The first kappa shape index (κ1) is 18.8. The summed E-state index contributed by atoms with van der Waals surface area (Å²) in [6.45, 7) is 12.3. The number of carbonyl (C=O) groups is 1. The Labute approximate surface area is 163 Å². The normalized spacial score (nSPS) is 30.0. The van der Waals surface area contributed by atoms with E-state index in [-0.39, 0.29) is 17.5 Å². The highest BCUT2D eigenvalue weighted by Crippen LogP contribution is 2.41. The number of aryl methyl sites for hydroxylation is 1. The molecule has 3 aliphatic rings. The summed E-state index contributed by atoms with van der Waals surface area (Å²) in [6, 6.07) is 8.75. The van der Waals surface area contributed by atoms with Gasteiger partial charge in [-0.15, -0.1) is 0 Å². The lowest BCUT2D eigenvalue weighted by atomic mass is 9.79. The van der Waals surface area contributed by atoms with Crippen molar-refractivity contribution in [2.45, 2.75) is 52.6 Å². The molecule has 4 nitrogen and oxygen atoms in total. The molecule has 148 valence electrons. The number of carbonyl (C=O) groups excluding carboxylic acids is 1. The van der Waals surface area contributed by atoms with E-state index in [1.165, 1.54) is 37.4 Å². The van der Waals surface area contributed by atoms with Crippen molar-refractivity contribution in [1.29, 1.82) is 0 Å². The number of likely N-dealkylation sites (tertiary alicyclic amines) is 1. The summed E-state index contributed by atoms with van der Waals surface area (Å²) in [5.41, 5.74) is 2.58. The number of hydrogen-bond donors (Lipinski definition) is 0. The maximum absolute atomic E-state index is 12.3. The van der Waals surface area contributed by atoms with Crippen LogP contribution >= 0.6 is 0 Å². The summed E-state index contributed by atoms with van der Waals surface area (Å²) < 4.78 is 5.73. The van der Waals surface area contributed by atoms with Crippen molar-refractivity contribution in [3.63, 3.8) is 0 Å². The first-order chi connectivity index (χ1) is 13.0. The lowest BCUT2D eigenvalue weighted by Crippen LogP contribution is -2.31. The molecule has 3 fully saturated rings. The number of fused-ring (bicyclic) bond motifs is 1. The van der Waals surface area contributed by atoms with Gasteiger partial charge in [0.25, 0.3) is 0 Å². The van der Waals surface area contributed by atoms with Crippen molar-refractivity contribution in [2.75, 3.05) is 37.6 Å². The summed E-state index contributed by atoms with van der Waals surface area (Å²) in [5, 5.41) is 0. The number of anilines is 1. The van der Waals surface area contributed by atoms with Crippen LogP contribution in [0.4, 0.5) is 5.69 Å². The van der Waals surface area contributed by atoms with E-state index in [4.69, 9.17) is 4.74 Å². The largest absolute Gasteiger partial charge is 0.462 e. The Kier molecular flexibility index (Phi) is 5.19. The minimum Gasteiger partial charge on any atom is -0.462 e. The minimum absolute atomic E-state index is 0.0460. The average molecular weight is 371 g/mol. The smallest absolute Gasteiger partial charge is 0.312 e. The molecule has 3 heterocycles. The molecular formula is C23H34N2O2. The second-order valence-corrected chi connectivity index (χ2v) is 8.98. The molecule has 3 atom stereocenters. The first-order valence-electron chi connectivity index (χ1n) is 10.8. The van der Waals surface area contributed by atoms with Gasteiger partial charge in [0.1, 0.15) is 6.10 Å². The van der Waals surface area contributed by atoms with Gasteiger partial charge in [-0.1, -0.05) is 32.0 Å². The molecule has 1 aromatic carbocycles. The summed E-state index contributed by atoms with van der Waals surface area (Å²) in [7, 11) is 0. The Morgan fingerprint density at radius 2 is 1.74 bits per heavy atom. The van der Waals surface area contributed by atoms with E-state index in [1.807, 2.05) is 0 Å². The quantitative estimate of drug-likeness (QED) is 0.712. The van der Waals surface area contributed by atoms with Crippen LogP contribution in [-0.2, 0) is 9.53 Å². The molecule has 0 bridgehead atoms. The Morgan fingerprint density at radius 1 is 1.07 bits per heavy atom. The second-order valence-electron chi connectivity index (χ2n) is 8.98. The van der Waals surface area contributed by atoms with E-state index in [1.54, 1.807) is 0 Å². The van der Waals surface area contributed by atoms with Crippen LogP contribution in [0.25, 0.3) is 0 Å². The number of hydrogen-bond acceptors (Lipinski definition) is 4. The van der Waals surface area contributed by atoms with Crippen LogP contribution < -0.4 is 4.90 Å². The summed E-state index contributed by atoms with van der Waals surface area (Å²) in [4.78, 5) is 17.5. The number of para-hydroxylation sites is 1. The van der Waals surface area contributed by atoms with Gasteiger partial charge in [-0.25, -0.2) is 0 Å². The SMILES string of the molecule is CCC1(CC)CC(CCN2CC3CN(c4ccccc4C)CC3C2)OC1=O. The topological polar surface area (TPSA) is 32.8 Å². The lowest BCUT2D eigenvalue weighted by molar-refractivity contribution is -0.149. The molecule has 4 heteroatoms. The van der Waals surface area contributed by atoms with Crippen molar-refractivity contribution in [2.24, 2.45) is 17.3 Å². The summed E-state index contributed by atoms with van der Waals surface area (Å²) >= 11 is 0. The molecule has 4 rings (SSSR count). The molecule has 0 aromatic heterocycles. The van der Waals surface area contributed by atoms with Crippen LogP contribution in [0, 0.1) is 24.2 Å². The molecule has 0 aliphatic carbocycles. The van der Waals surface area contributed by atoms with Crippen molar-refractivity contribution in [3.05, 3.63) is 29.8 Å². The van der Waals surface area contributed by atoms with Gasteiger partial charge >= 0.3 is 5.97 Å². The van der Waals surface area contributed by atoms with Crippen LogP contribution in [0.3, 0.4) is 0 Å². The first-order valence-corrected chi connectivity index (χ1v) is 10.8. The van der Waals surface area contributed by atoms with Gasteiger partial charge < -0.3 is 14.5 Å². The Bertz CT molecular complexity index is 671. The fourth-order valence-corrected chi connectivity index (χ4v) is 5.54. The van der Waals surface area contributed by atoms with Crippen molar-refractivity contribution >= 4 is 11.7 Å². The van der Waals surface area contributed by atoms with E-state index in [9.17, 15) is 4.79 Å². The third-order valence-corrected chi connectivity index (χ3v) is 7.46. The number of ether oxygens (including phenoxy) is 1. The third-order valence-electron chi connectivity index (χ3n) is 7.46. The highest BCUT2D eigenvalue weighted by Gasteiger charge is 2.46. The van der Waals surface area contributed by atoms with E-state index < -0.39 is 0 Å². The van der Waals surface area contributed by atoms with Gasteiger partial charge in [0.05, 0.1) is 5.41 Å². The molecule has 27 heavy (non-hydrogen) atoms. The Balaban J connectivity index is 1.27. The number of rotatable bonds is 6. The van der Waals surface area contributed by atoms with E-state index in [2.05, 4.69) is 54.8 Å². The molecule has 1 aromatic rings. The molecule has 0 amide bonds. The Morgan fingerprint density at radius 3 is 2.33 bits per heavy atom. The molecular weight excluding hydrogens is 336 g/mol. The van der Waals surface area contributed by atoms with Crippen LogP contribution in [0.2, 0.25) is 0 Å². The van der Waals surface area contributed by atoms with Crippen LogP contribution in [0.15, 0.2) is 24.3 Å². The highest BCUT2D eigenvalue weighted by molar-refractivity contribution is 5.78. The van der Waals surface area contributed by atoms with Crippen molar-refractivity contribution < 1.29 is 9.53 Å². The maximum Gasteiger partial charge on any atom is 0.312 e. The number of esters is 1. The average Bonchev–Trinajstić information content (AvgIpc) is 3.31. The van der Waals surface area contributed by atoms with Gasteiger partial charge in [0.2, 0.25) is 0 Å². The predicted molar refractivity (Wildman–Crippen MR) is 109 cm³/mol. The standard InChI is InChI=1S/C23H34N2O2/c1-4-23(5-2)12-20(27-22(23)26)10-11-24-13-18-15-25(16-19(18)14-24)21-9-7-6-8-17(21)3/h6-9,18-20H,4-5,10-16H2,1-3H3.